The fourth-order valence-corrected chi connectivity index (χ4v) is 2.56. The van der Waals surface area contributed by atoms with E-state index in [0.29, 0.717) is 0 Å². The van der Waals surface area contributed by atoms with Crippen LogP contribution in [0, 0.1) is 0 Å². The van der Waals surface area contributed by atoms with Crippen molar-refractivity contribution in [1.82, 2.24) is 10.6 Å². The van der Waals surface area contributed by atoms with Gasteiger partial charge in [0.25, 0.3) is 0 Å². The number of benzene rings is 2. The Labute approximate surface area is 176 Å². The van der Waals surface area contributed by atoms with Crippen molar-refractivity contribution in [2.45, 2.75) is 32.0 Å². The molecule has 0 radical (unpaired) electrons. The van der Waals surface area contributed by atoms with Gasteiger partial charge in [-0.25, -0.2) is 9.59 Å². The zero-order valence-corrected chi connectivity index (χ0v) is 17.0. The average molecular weight is 410 g/mol. The summed E-state index contributed by atoms with van der Waals surface area (Å²) < 4.78 is 9.87. The zero-order chi connectivity index (χ0) is 21.8. The second-order valence-corrected chi connectivity index (χ2v) is 6.56. The fourth-order valence-electron chi connectivity index (χ4n) is 2.56. The maximum Gasteiger partial charge on any atom is 0.408 e. The number of esters is 1. The minimum atomic E-state index is -0.890. The second-order valence-electron chi connectivity index (χ2n) is 6.56. The number of methoxy groups -OCH3 is 1. The minimum Gasteiger partial charge on any atom is -0.467 e. The van der Waals surface area contributed by atoms with Crippen molar-refractivity contribution in [3.8, 4) is 0 Å². The van der Waals surface area contributed by atoms with Crippen molar-refractivity contribution < 1.29 is 23.9 Å². The molecule has 0 unspecified atom stereocenters. The summed E-state index contributed by atoms with van der Waals surface area (Å²) in [5.74, 6) is -1.09. The van der Waals surface area contributed by atoms with E-state index in [4.69, 9.17) is 9.47 Å². The van der Waals surface area contributed by atoms with Crippen molar-refractivity contribution in [3.05, 3.63) is 77.9 Å². The molecule has 2 rings (SSSR count). The van der Waals surface area contributed by atoms with Crippen LogP contribution in [0.3, 0.4) is 0 Å². The highest BCUT2D eigenvalue weighted by Crippen LogP contribution is 2.05. The normalized spacial score (nSPS) is 12.6. The lowest BCUT2D eigenvalue weighted by atomic mass is 10.1. The quantitative estimate of drug-likeness (QED) is 0.620. The fraction of sp³-hybridized carbons (Fsp3) is 0.261. The van der Waals surface area contributed by atoms with E-state index >= 15 is 0 Å². The number of rotatable bonds is 9. The minimum absolute atomic E-state index is 0.0933. The summed E-state index contributed by atoms with van der Waals surface area (Å²) >= 11 is 0. The summed E-state index contributed by atoms with van der Waals surface area (Å²) in [6.07, 6.45) is 3.16. The first kappa shape index (κ1) is 22.7. The lowest BCUT2D eigenvalue weighted by molar-refractivity contribution is -0.145. The van der Waals surface area contributed by atoms with Gasteiger partial charge in [0.2, 0.25) is 5.91 Å². The molecule has 0 aliphatic heterocycles. The van der Waals surface area contributed by atoms with Crippen molar-refractivity contribution in [3.63, 3.8) is 0 Å². The van der Waals surface area contributed by atoms with Gasteiger partial charge in [-0.05, 0) is 24.5 Å². The van der Waals surface area contributed by atoms with Crippen molar-refractivity contribution in [2.24, 2.45) is 0 Å². The van der Waals surface area contributed by atoms with Crippen LogP contribution in [0.15, 0.2) is 66.7 Å². The van der Waals surface area contributed by atoms with E-state index in [1.807, 2.05) is 66.7 Å². The molecule has 2 amide bonds. The summed E-state index contributed by atoms with van der Waals surface area (Å²) in [6, 6.07) is 17.0. The van der Waals surface area contributed by atoms with E-state index in [0.717, 1.165) is 11.1 Å². The van der Waals surface area contributed by atoms with Crippen LogP contribution in [0.25, 0.3) is 6.08 Å². The van der Waals surface area contributed by atoms with E-state index in [2.05, 4.69) is 10.6 Å². The van der Waals surface area contributed by atoms with Crippen LogP contribution >= 0.6 is 0 Å². The summed E-state index contributed by atoms with van der Waals surface area (Å²) in [5, 5.41) is 5.05. The van der Waals surface area contributed by atoms with Gasteiger partial charge in [-0.1, -0.05) is 72.8 Å². The molecule has 30 heavy (non-hydrogen) atoms. The van der Waals surface area contributed by atoms with E-state index in [-0.39, 0.29) is 13.0 Å². The molecule has 0 spiro atoms. The van der Waals surface area contributed by atoms with Gasteiger partial charge >= 0.3 is 12.1 Å². The number of carbonyl (C=O) groups excluding carboxylic acids is 3. The Balaban J connectivity index is 1.84. The Bertz CT molecular complexity index is 852. The largest absolute Gasteiger partial charge is 0.467 e. The number of ether oxygens (including phenoxy) is 2. The average Bonchev–Trinajstić information content (AvgIpc) is 2.77. The molecule has 2 N–H and O–H groups in total. The highest BCUT2D eigenvalue weighted by Gasteiger charge is 2.24. The molecule has 0 heterocycles. The van der Waals surface area contributed by atoms with Crippen LogP contribution in [-0.4, -0.2) is 37.2 Å². The molecule has 2 atom stereocenters. The summed E-state index contributed by atoms with van der Waals surface area (Å²) in [6.45, 7) is 1.60. The van der Waals surface area contributed by atoms with Gasteiger partial charge in [-0.15, -0.1) is 0 Å². The Kier molecular flexibility index (Phi) is 9.12. The molecule has 0 saturated heterocycles. The summed E-state index contributed by atoms with van der Waals surface area (Å²) in [5.41, 5.74) is 1.81. The van der Waals surface area contributed by atoms with Crippen molar-refractivity contribution in [2.75, 3.05) is 7.11 Å². The molecular weight excluding hydrogens is 384 g/mol. The number of alkyl carbamates (subject to hydrolysis) is 1. The topological polar surface area (TPSA) is 93.7 Å². The molecule has 0 aliphatic rings. The maximum absolute atomic E-state index is 12.4. The van der Waals surface area contributed by atoms with Crippen LogP contribution in [-0.2, 0) is 25.7 Å². The Morgan fingerprint density at radius 3 is 2.23 bits per heavy atom. The van der Waals surface area contributed by atoms with E-state index in [9.17, 15) is 14.4 Å². The van der Waals surface area contributed by atoms with Crippen LogP contribution in [0.1, 0.15) is 24.5 Å². The first-order chi connectivity index (χ1) is 14.5. The number of hydrogen-bond acceptors (Lipinski definition) is 5. The third-order valence-electron chi connectivity index (χ3n) is 4.22. The predicted molar refractivity (Wildman–Crippen MR) is 113 cm³/mol. The molecule has 7 heteroatoms. The van der Waals surface area contributed by atoms with Gasteiger partial charge in [0.1, 0.15) is 18.7 Å². The van der Waals surface area contributed by atoms with Gasteiger partial charge in [0, 0.05) is 0 Å². The van der Waals surface area contributed by atoms with Gasteiger partial charge in [0.15, 0.2) is 0 Å². The standard InChI is InChI=1S/C23H26N2O5/c1-17(24-23(28)30-16-19-12-7-4-8-13-19)21(26)25-20(22(27)29-2)15-9-14-18-10-5-3-6-11-18/h3-14,17,20H,15-16H2,1-2H3,(H,24,28)(H,25,26)/b14-9+/t17-,20+/m0/s1. The first-order valence-corrected chi connectivity index (χ1v) is 9.56. The monoisotopic (exact) mass is 410 g/mol. The van der Waals surface area contributed by atoms with Gasteiger partial charge in [-0.2, -0.15) is 0 Å². The summed E-state index contributed by atoms with van der Waals surface area (Å²) in [7, 11) is 1.25. The highest BCUT2D eigenvalue weighted by molar-refractivity contribution is 5.89. The van der Waals surface area contributed by atoms with Crippen LogP contribution in [0.2, 0.25) is 0 Å². The SMILES string of the molecule is COC(=O)[C@@H](C/C=C/c1ccccc1)NC(=O)[C@H](C)NC(=O)OCc1ccccc1. The van der Waals surface area contributed by atoms with Gasteiger partial charge < -0.3 is 20.1 Å². The molecule has 0 aliphatic carbocycles. The Hall–Kier alpha value is -3.61. The first-order valence-electron chi connectivity index (χ1n) is 9.56. The third-order valence-corrected chi connectivity index (χ3v) is 4.22. The zero-order valence-electron chi connectivity index (χ0n) is 17.0. The Morgan fingerprint density at radius 2 is 1.60 bits per heavy atom. The van der Waals surface area contributed by atoms with E-state index in [1.54, 1.807) is 6.08 Å². The lowest BCUT2D eigenvalue weighted by Gasteiger charge is -2.19. The van der Waals surface area contributed by atoms with Crippen molar-refractivity contribution in [1.29, 1.82) is 0 Å². The van der Waals surface area contributed by atoms with Crippen LogP contribution in [0.5, 0.6) is 0 Å². The molecule has 2 aromatic carbocycles. The predicted octanol–water partition coefficient (Wildman–Crippen LogP) is 3.06. The van der Waals surface area contributed by atoms with E-state index < -0.39 is 30.1 Å². The van der Waals surface area contributed by atoms with Crippen LogP contribution in [0.4, 0.5) is 4.79 Å². The van der Waals surface area contributed by atoms with Gasteiger partial charge in [-0.3, -0.25) is 4.79 Å². The maximum atomic E-state index is 12.4. The highest BCUT2D eigenvalue weighted by atomic mass is 16.5. The molecular formula is C23H26N2O5. The number of carbonyl (C=O) groups is 3. The van der Waals surface area contributed by atoms with Crippen molar-refractivity contribution >= 4 is 24.0 Å². The smallest absolute Gasteiger partial charge is 0.408 e. The molecule has 2 aromatic rings. The second kappa shape index (κ2) is 12.1. The summed E-state index contributed by atoms with van der Waals surface area (Å²) in [4.78, 5) is 36.3. The lowest BCUT2D eigenvalue weighted by Crippen LogP contribution is -2.50. The molecule has 158 valence electrons. The van der Waals surface area contributed by atoms with Crippen LogP contribution < -0.4 is 10.6 Å². The molecule has 0 bridgehead atoms. The number of nitrogens with one attached hydrogen (secondary N) is 2. The molecule has 0 aromatic heterocycles. The third kappa shape index (κ3) is 7.79. The molecule has 7 nitrogen and oxygen atoms in total. The molecule has 0 fully saturated rings. The number of hydrogen-bond donors (Lipinski definition) is 2. The van der Waals surface area contributed by atoms with Gasteiger partial charge in [0.05, 0.1) is 7.11 Å². The number of amides is 2. The molecule has 0 saturated carbocycles. The van der Waals surface area contributed by atoms with E-state index in [1.165, 1.54) is 14.0 Å². The Morgan fingerprint density at radius 1 is 0.967 bits per heavy atom.